The molecule has 218 valence electrons. The Hall–Kier alpha value is -3.60. The zero-order valence-electron chi connectivity index (χ0n) is 23.8. The molecule has 0 fully saturated rings. The molecular weight excluding hydrogens is 536 g/mol. The summed E-state index contributed by atoms with van der Waals surface area (Å²) in [6.07, 6.45) is 10.4. The fourth-order valence-corrected chi connectivity index (χ4v) is 5.58. The van der Waals surface area contributed by atoms with Gasteiger partial charge in [-0.25, -0.2) is 8.42 Å². The van der Waals surface area contributed by atoms with Crippen LogP contribution in [0.2, 0.25) is 0 Å². The Morgan fingerprint density at radius 1 is 0.927 bits per heavy atom. The third-order valence-electron chi connectivity index (χ3n) is 6.98. The van der Waals surface area contributed by atoms with Crippen LogP contribution >= 0.6 is 0 Å². The molecule has 9 nitrogen and oxygen atoms in total. The highest BCUT2D eigenvalue weighted by atomic mass is 32.2. The number of aryl methyl sites for hydroxylation is 2. The Balaban J connectivity index is 1.27. The van der Waals surface area contributed by atoms with Crippen LogP contribution in [0.5, 0.6) is 0 Å². The zero-order chi connectivity index (χ0) is 29.1. The number of anilines is 1. The van der Waals surface area contributed by atoms with E-state index in [0.717, 1.165) is 47.5 Å². The first-order valence-electron chi connectivity index (χ1n) is 14.3. The Labute approximate surface area is 243 Å². The van der Waals surface area contributed by atoms with Crippen molar-refractivity contribution in [3.05, 3.63) is 95.6 Å². The second kappa shape index (κ2) is 14.9. The summed E-state index contributed by atoms with van der Waals surface area (Å²) in [5.41, 5.74) is 4.93. The van der Waals surface area contributed by atoms with Crippen molar-refractivity contribution in [2.75, 3.05) is 17.8 Å². The first kappa shape index (κ1) is 30.4. The number of nitrogens with one attached hydrogen (secondary N) is 2. The van der Waals surface area contributed by atoms with Crippen LogP contribution in [-0.4, -0.2) is 46.6 Å². The highest BCUT2D eigenvalue weighted by Crippen LogP contribution is 2.19. The lowest BCUT2D eigenvalue weighted by Crippen LogP contribution is -2.23. The van der Waals surface area contributed by atoms with Crippen molar-refractivity contribution >= 4 is 15.7 Å². The van der Waals surface area contributed by atoms with Crippen molar-refractivity contribution in [3.63, 3.8) is 0 Å². The van der Waals surface area contributed by atoms with Crippen LogP contribution in [0.4, 0.5) is 5.69 Å². The van der Waals surface area contributed by atoms with Crippen LogP contribution in [0.15, 0.2) is 78.0 Å². The van der Waals surface area contributed by atoms with Gasteiger partial charge in [-0.2, -0.15) is 15.0 Å². The van der Waals surface area contributed by atoms with Crippen molar-refractivity contribution < 1.29 is 13.5 Å². The second-order valence-corrected chi connectivity index (χ2v) is 11.9. The van der Waals surface area contributed by atoms with E-state index in [9.17, 15) is 13.5 Å². The number of hydrogen-bond acceptors (Lipinski definition) is 7. The number of rotatable bonds is 16. The minimum absolute atomic E-state index is 0.168. The fourth-order valence-electron chi connectivity index (χ4n) is 4.53. The third kappa shape index (κ3) is 8.94. The Bertz CT molecular complexity index is 1460. The third-order valence-corrected chi connectivity index (χ3v) is 8.37. The van der Waals surface area contributed by atoms with Gasteiger partial charge in [-0.15, -0.1) is 0 Å². The van der Waals surface area contributed by atoms with Crippen molar-refractivity contribution in [2.45, 2.75) is 69.8 Å². The highest BCUT2D eigenvalue weighted by Gasteiger charge is 2.15. The number of unbranched alkanes of at least 4 members (excludes halogenated alkanes) is 4. The molecule has 41 heavy (non-hydrogen) atoms. The maximum atomic E-state index is 13.0. The number of benzene rings is 2. The average molecular weight is 577 g/mol. The van der Waals surface area contributed by atoms with Gasteiger partial charge in [-0.05, 0) is 80.8 Å². The normalized spacial score (nSPS) is 12.4. The van der Waals surface area contributed by atoms with Crippen molar-refractivity contribution in [1.82, 2.24) is 25.3 Å². The molecule has 2 heterocycles. The van der Waals surface area contributed by atoms with Gasteiger partial charge in [0.1, 0.15) is 0 Å². The molecule has 4 rings (SSSR count). The number of hydrogen-bond donors (Lipinski definition) is 3. The molecule has 0 bridgehead atoms. The van der Waals surface area contributed by atoms with Crippen LogP contribution in [0.25, 0.3) is 5.69 Å². The summed E-state index contributed by atoms with van der Waals surface area (Å²) in [5, 5.41) is 22.6. The van der Waals surface area contributed by atoms with Gasteiger partial charge in [0.25, 0.3) is 10.0 Å². The van der Waals surface area contributed by atoms with Crippen molar-refractivity contribution in [1.29, 1.82) is 0 Å². The molecule has 0 aliphatic carbocycles. The Morgan fingerprint density at radius 3 is 2.39 bits per heavy atom. The van der Waals surface area contributed by atoms with Crippen LogP contribution in [0.3, 0.4) is 0 Å². The van der Waals surface area contributed by atoms with Crippen LogP contribution in [0, 0.1) is 6.92 Å². The molecule has 2 aromatic carbocycles. The number of aliphatic hydroxyl groups excluding tert-OH is 1. The topological polar surface area (TPSA) is 122 Å². The minimum atomic E-state index is -3.75. The van der Waals surface area contributed by atoms with Crippen molar-refractivity contribution in [2.24, 2.45) is 0 Å². The van der Waals surface area contributed by atoms with E-state index in [1.807, 2.05) is 25.1 Å². The minimum Gasteiger partial charge on any atom is -0.387 e. The quantitative estimate of drug-likeness (QED) is 0.158. The largest absolute Gasteiger partial charge is 0.387 e. The summed E-state index contributed by atoms with van der Waals surface area (Å²) in [7, 11) is -3.75. The molecule has 1 unspecified atom stereocenters. The maximum Gasteiger partial charge on any atom is 0.261 e. The summed E-state index contributed by atoms with van der Waals surface area (Å²) in [6, 6.07) is 17.5. The number of sulfonamides is 1. The number of aliphatic hydroxyl groups is 1. The molecule has 0 aliphatic rings. The molecule has 0 saturated carbocycles. The molecule has 3 N–H and O–H groups in total. The SMILES string of the molecule is CCCCCCCc1nn(-c2ccc(S(=O)(=O)Nc3ccc(CCNCC(O)c4cccnc4)cc3)cc2)nc1C. The monoisotopic (exact) mass is 576 g/mol. The first-order chi connectivity index (χ1) is 19.9. The molecule has 0 aliphatic heterocycles. The van der Waals surface area contributed by atoms with Gasteiger partial charge < -0.3 is 10.4 Å². The Kier molecular flexibility index (Phi) is 11.0. The van der Waals surface area contributed by atoms with Gasteiger partial charge in [0.15, 0.2) is 0 Å². The van der Waals surface area contributed by atoms with Crippen LogP contribution in [0.1, 0.15) is 67.6 Å². The maximum absolute atomic E-state index is 13.0. The molecule has 0 saturated heterocycles. The van der Waals surface area contributed by atoms with E-state index in [2.05, 4.69) is 32.1 Å². The van der Waals surface area contributed by atoms with Gasteiger partial charge in [0.05, 0.1) is 28.1 Å². The molecule has 0 spiro atoms. The zero-order valence-corrected chi connectivity index (χ0v) is 24.6. The summed E-state index contributed by atoms with van der Waals surface area (Å²) < 4.78 is 28.6. The number of aromatic nitrogens is 4. The van der Waals surface area contributed by atoms with E-state index in [-0.39, 0.29) is 4.90 Å². The van der Waals surface area contributed by atoms with Gasteiger partial charge in [0.2, 0.25) is 0 Å². The standard InChI is InChI=1S/C31H40N6O3S/c1-3-4-5-6-7-10-30-24(2)34-37(35-30)28-15-17-29(18-16-28)41(39,40)36-27-13-11-25(12-14-27)19-21-33-23-31(38)26-9-8-20-32-22-26/h8-9,11-18,20,22,31,33,36,38H,3-7,10,19,21,23H2,1-2H3. The lowest BCUT2D eigenvalue weighted by atomic mass is 10.1. The molecule has 2 aromatic heterocycles. The van der Waals surface area contributed by atoms with Crippen LogP contribution < -0.4 is 10.0 Å². The smallest absolute Gasteiger partial charge is 0.261 e. The van der Waals surface area contributed by atoms with Gasteiger partial charge >= 0.3 is 0 Å². The van der Waals surface area contributed by atoms with E-state index in [0.29, 0.717) is 18.8 Å². The van der Waals surface area contributed by atoms with E-state index in [1.54, 1.807) is 59.7 Å². The highest BCUT2D eigenvalue weighted by molar-refractivity contribution is 7.92. The van der Waals surface area contributed by atoms with Gasteiger partial charge in [0, 0.05) is 30.2 Å². The van der Waals surface area contributed by atoms with Crippen LogP contribution in [-0.2, 0) is 22.9 Å². The molecule has 4 aromatic rings. The van der Waals surface area contributed by atoms with Crippen molar-refractivity contribution in [3.8, 4) is 5.69 Å². The lowest BCUT2D eigenvalue weighted by Gasteiger charge is -2.12. The predicted octanol–water partition coefficient (Wildman–Crippen LogP) is 5.15. The predicted molar refractivity (Wildman–Crippen MR) is 162 cm³/mol. The van der Waals surface area contributed by atoms with E-state index >= 15 is 0 Å². The molecule has 0 radical (unpaired) electrons. The Morgan fingerprint density at radius 2 is 1.68 bits per heavy atom. The van der Waals surface area contributed by atoms with Gasteiger partial charge in [-0.1, -0.05) is 50.8 Å². The first-order valence-corrected chi connectivity index (χ1v) is 15.8. The number of pyridine rings is 1. The van der Waals surface area contributed by atoms with E-state index in [1.165, 1.54) is 25.7 Å². The molecule has 1 atom stereocenters. The van der Waals surface area contributed by atoms with Gasteiger partial charge in [-0.3, -0.25) is 9.71 Å². The molecular formula is C31H40N6O3S. The molecule has 10 heteroatoms. The summed E-state index contributed by atoms with van der Waals surface area (Å²) in [6.45, 7) is 5.28. The number of nitrogens with zero attached hydrogens (tertiary/aromatic N) is 4. The lowest BCUT2D eigenvalue weighted by molar-refractivity contribution is 0.174. The van der Waals surface area contributed by atoms with E-state index < -0.39 is 16.1 Å². The summed E-state index contributed by atoms with van der Waals surface area (Å²) in [4.78, 5) is 5.77. The summed E-state index contributed by atoms with van der Waals surface area (Å²) in [5.74, 6) is 0. The summed E-state index contributed by atoms with van der Waals surface area (Å²) >= 11 is 0. The fraction of sp³-hybridized carbons (Fsp3) is 0.387. The average Bonchev–Trinajstić information content (AvgIpc) is 3.36. The molecule has 0 amide bonds. The second-order valence-electron chi connectivity index (χ2n) is 10.2. The van der Waals surface area contributed by atoms with E-state index in [4.69, 9.17) is 0 Å².